The summed E-state index contributed by atoms with van der Waals surface area (Å²) in [6, 6.07) is 3.51. The summed E-state index contributed by atoms with van der Waals surface area (Å²) in [6.07, 6.45) is 0. The fourth-order valence-corrected chi connectivity index (χ4v) is 2.55. The minimum Gasteiger partial charge on any atom is -0.389 e. The van der Waals surface area contributed by atoms with Crippen molar-refractivity contribution >= 4 is 51.9 Å². The first kappa shape index (κ1) is 15.9. The number of rotatable bonds is 3. The Hall–Kier alpha value is -1.43. The maximum absolute atomic E-state index is 6.22. The van der Waals surface area contributed by atoms with Crippen molar-refractivity contribution in [3.8, 4) is 0 Å². The van der Waals surface area contributed by atoms with Crippen molar-refractivity contribution in [3.05, 3.63) is 44.6 Å². The SMILES string of the molecule is Cc1cc(Cl)c(Nc2nnc(C)c(C)c2C(N)=S)cc1Cl. The molecule has 0 atom stereocenters. The van der Waals surface area contributed by atoms with Crippen LogP contribution in [0.25, 0.3) is 0 Å². The van der Waals surface area contributed by atoms with Crippen molar-refractivity contribution in [1.29, 1.82) is 0 Å². The summed E-state index contributed by atoms with van der Waals surface area (Å²) in [5, 5.41) is 12.4. The lowest BCUT2D eigenvalue weighted by Gasteiger charge is -2.14. The van der Waals surface area contributed by atoms with Crippen LogP contribution in [0.15, 0.2) is 12.1 Å². The predicted molar refractivity (Wildman–Crippen MR) is 91.9 cm³/mol. The quantitative estimate of drug-likeness (QED) is 0.824. The van der Waals surface area contributed by atoms with Crippen molar-refractivity contribution in [2.75, 3.05) is 5.32 Å². The molecule has 0 radical (unpaired) electrons. The summed E-state index contributed by atoms with van der Waals surface area (Å²) in [5.41, 5.74) is 9.63. The molecule has 0 amide bonds. The van der Waals surface area contributed by atoms with Crippen LogP contribution in [-0.2, 0) is 0 Å². The van der Waals surface area contributed by atoms with Gasteiger partial charge in [0.25, 0.3) is 0 Å². The van der Waals surface area contributed by atoms with Gasteiger partial charge in [0.1, 0.15) is 4.99 Å². The Morgan fingerprint density at radius 3 is 2.43 bits per heavy atom. The molecular formula is C14H14Cl2N4S. The van der Waals surface area contributed by atoms with Crippen molar-refractivity contribution in [2.45, 2.75) is 20.8 Å². The average molecular weight is 341 g/mol. The standard InChI is InChI=1S/C14H14Cl2N4S/c1-6-4-10(16)11(5-9(6)15)18-14-12(13(17)21)7(2)8(3)19-20-14/h4-5H,1-3H3,(H2,17,21)(H,18,20). The molecule has 1 heterocycles. The van der Waals surface area contributed by atoms with Gasteiger partial charge in [-0.2, -0.15) is 5.10 Å². The number of halogens is 2. The molecule has 1 aromatic heterocycles. The molecule has 3 N–H and O–H groups in total. The zero-order valence-electron chi connectivity index (χ0n) is 11.8. The van der Waals surface area contributed by atoms with Crippen LogP contribution >= 0.6 is 35.4 Å². The largest absolute Gasteiger partial charge is 0.389 e. The van der Waals surface area contributed by atoms with E-state index in [1.807, 2.05) is 20.8 Å². The second kappa shape index (κ2) is 6.13. The van der Waals surface area contributed by atoms with Gasteiger partial charge in [0.15, 0.2) is 5.82 Å². The Balaban J connectivity index is 2.52. The number of benzene rings is 1. The van der Waals surface area contributed by atoms with Crippen LogP contribution in [0.1, 0.15) is 22.4 Å². The lowest BCUT2D eigenvalue weighted by atomic mass is 10.1. The maximum atomic E-state index is 6.22. The fourth-order valence-electron chi connectivity index (χ4n) is 1.87. The van der Waals surface area contributed by atoms with E-state index >= 15 is 0 Å². The Bertz CT molecular complexity index is 731. The number of aromatic nitrogens is 2. The number of hydrogen-bond acceptors (Lipinski definition) is 4. The smallest absolute Gasteiger partial charge is 0.163 e. The maximum Gasteiger partial charge on any atom is 0.163 e. The highest BCUT2D eigenvalue weighted by Gasteiger charge is 2.15. The van der Waals surface area contributed by atoms with Crippen LogP contribution in [0, 0.1) is 20.8 Å². The van der Waals surface area contributed by atoms with E-state index in [1.54, 1.807) is 12.1 Å². The monoisotopic (exact) mass is 340 g/mol. The van der Waals surface area contributed by atoms with Crippen LogP contribution in [-0.4, -0.2) is 15.2 Å². The molecule has 0 aliphatic carbocycles. The number of hydrogen-bond donors (Lipinski definition) is 2. The van der Waals surface area contributed by atoms with Gasteiger partial charge in [0, 0.05) is 5.02 Å². The van der Waals surface area contributed by atoms with E-state index in [9.17, 15) is 0 Å². The third kappa shape index (κ3) is 3.26. The third-order valence-corrected chi connectivity index (χ3v) is 4.13. The topological polar surface area (TPSA) is 63.8 Å². The minimum absolute atomic E-state index is 0.252. The fraction of sp³-hybridized carbons (Fsp3) is 0.214. The van der Waals surface area contributed by atoms with Gasteiger partial charge in [-0.15, -0.1) is 5.10 Å². The first-order valence-electron chi connectivity index (χ1n) is 6.17. The Kier molecular flexibility index (Phi) is 4.66. The summed E-state index contributed by atoms with van der Waals surface area (Å²) in [5.74, 6) is 0.465. The molecule has 0 fully saturated rings. The number of anilines is 2. The van der Waals surface area contributed by atoms with Crippen LogP contribution in [0.3, 0.4) is 0 Å². The summed E-state index contributed by atoms with van der Waals surface area (Å²) >= 11 is 17.4. The van der Waals surface area contributed by atoms with Gasteiger partial charge in [-0.1, -0.05) is 35.4 Å². The normalized spacial score (nSPS) is 10.5. The van der Waals surface area contributed by atoms with Gasteiger partial charge in [0.05, 0.1) is 22.0 Å². The van der Waals surface area contributed by atoms with E-state index in [0.717, 1.165) is 16.8 Å². The number of nitrogens with two attached hydrogens (primary N) is 1. The molecule has 2 rings (SSSR count). The number of nitrogens with one attached hydrogen (secondary N) is 1. The molecule has 7 heteroatoms. The summed E-state index contributed by atoms with van der Waals surface area (Å²) in [6.45, 7) is 5.63. The molecule has 0 saturated carbocycles. The number of thiocarbonyl (C=S) groups is 1. The van der Waals surface area contributed by atoms with Crippen LogP contribution in [0.2, 0.25) is 10.0 Å². The van der Waals surface area contributed by atoms with E-state index in [0.29, 0.717) is 27.1 Å². The van der Waals surface area contributed by atoms with Crippen molar-refractivity contribution in [1.82, 2.24) is 10.2 Å². The average Bonchev–Trinajstić information content (AvgIpc) is 2.40. The third-order valence-electron chi connectivity index (χ3n) is 3.20. The second-order valence-electron chi connectivity index (χ2n) is 4.70. The van der Waals surface area contributed by atoms with Gasteiger partial charge in [-0.05, 0) is 44.0 Å². The summed E-state index contributed by atoms with van der Waals surface area (Å²) < 4.78 is 0. The van der Waals surface area contributed by atoms with Gasteiger partial charge in [-0.25, -0.2) is 0 Å². The van der Waals surface area contributed by atoms with Gasteiger partial charge in [0.2, 0.25) is 0 Å². The molecule has 0 saturated heterocycles. The second-order valence-corrected chi connectivity index (χ2v) is 5.96. The molecule has 21 heavy (non-hydrogen) atoms. The molecule has 0 bridgehead atoms. The van der Waals surface area contributed by atoms with Gasteiger partial charge in [-0.3, -0.25) is 0 Å². The van der Waals surface area contributed by atoms with Crippen molar-refractivity contribution in [3.63, 3.8) is 0 Å². The molecule has 110 valence electrons. The molecule has 1 aromatic carbocycles. The first-order chi connectivity index (χ1) is 9.81. The molecule has 2 aromatic rings. The zero-order chi connectivity index (χ0) is 15.7. The van der Waals surface area contributed by atoms with Crippen LogP contribution < -0.4 is 11.1 Å². The molecule has 4 nitrogen and oxygen atoms in total. The number of nitrogens with zero attached hydrogens (tertiary/aromatic N) is 2. The van der Waals surface area contributed by atoms with E-state index in [1.165, 1.54) is 0 Å². The first-order valence-corrected chi connectivity index (χ1v) is 7.34. The summed E-state index contributed by atoms with van der Waals surface area (Å²) in [7, 11) is 0. The van der Waals surface area contributed by atoms with Crippen LogP contribution in [0.4, 0.5) is 11.5 Å². The summed E-state index contributed by atoms with van der Waals surface area (Å²) in [4.78, 5) is 0.252. The zero-order valence-corrected chi connectivity index (χ0v) is 14.1. The highest BCUT2D eigenvalue weighted by molar-refractivity contribution is 7.80. The lowest BCUT2D eigenvalue weighted by Crippen LogP contribution is -2.17. The van der Waals surface area contributed by atoms with Gasteiger partial charge < -0.3 is 11.1 Å². The van der Waals surface area contributed by atoms with Crippen molar-refractivity contribution in [2.24, 2.45) is 5.73 Å². The van der Waals surface area contributed by atoms with Crippen LogP contribution in [0.5, 0.6) is 0 Å². The Labute approximate surface area is 138 Å². The van der Waals surface area contributed by atoms with E-state index in [4.69, 9.17) is 41.2 Å². The van der Waals surface area contributed by atoms with E-state index < -0.39 is 0 Å². The van der Waals surface area contributed by atoms with Crippen molar-refractivity contribution < 1.29 is 0 Å². The highest BCUT2D eigenvalue weighted by Crippen LogP contribution is 2.32. The molecule has 0 aliphatic heterocycles. The molecule has 0 unspecified atom stereocenters. The Morgan fingerprint density at radius 1 is 1.14 bits per heavy atom. The lowest BCUT2D eigenvalue weighted by molar-refractivity contribution is 0.963. The van der Waals surface area contributed by atoms with E-state index in [2.05, 4.69) is 15.5 Å². The van der Waals surface area contributed by atoms with E-state index in [-0.39, 0.29) is 4.99 Å². The highest BCUT2D eigenvalue weighted by atomic mass is 35.5. The molecule has 0 aliphatic rings. The molecular weight excluding hydrogens is 327 g/mol. The minimum atomic E-state index is 0.252. The predicted octanol–water partition coefficient (Wildman–Crippen LogP) is 4.09. The molecule has 0 spiro atoms. The Morgan fingerprint density at radius 2 is 1.81 bits per heavy atom. The number of aryl methyl sites for hydroxylation is 2. The van der Waals surface area contributed by atoms with Gasteiger partial charge >= 0.3 is 0 Å².